The van der Waals surface area contributed by atoms with Crippen LogP contribution in [0.1, 0.15) is 88.3 Å². The van der Waals surface area contributed by atoms with Crippen LogP contribution in [0, 0.1) is 5.92 Å². The molecule has 3 aliphatic carbocycles. The van der Waals surface area contributed by atoms with E-state index in [1.165, 1.54) is 16.2 Å². The SMILES string of the molecule is O=C(N[C@@H]1CCCCC/C=C/C2C[C@@]2(C(=O)NS(=O)(=O)C2CC2)NC(=O)[C@@H]2C[C@@H](OC3=NC4SC=CC4N=C3c3cccs3)CN2C1=O)OC1CCCC1. The van der Waals surface area contributed by atoms with E-state index in [9.17, 15) is 27.6 Å². The molecule has 4 amide bonds. The fourth-order valence-corrected chi connectivity index (χ4v) is 10.9. The number of thioether (sulfide) groups is 1. The molecule has 4 fully saturated rings. The lowest BCUT2D eigenvalue weighted by Gasteiger charge is -2.30. The summed E-state index contributed by atoms with van der Waals surface area (Å²) in [4.78, 5) is 68.1. The van der Waals surface area contributed by atoms with Gasteiger partial charge in [-0.05, 0) is 81.1 Å². The third kappa shape index (κ3) is 7.99. The summed E-state index contributed by atoms with van der Waals surface area (Å²) < 4.78 is 40.2. The highest BCUT2D eigenvalue weighted by Gasteiger charge is 2.62. The van der Waals surface area contributed by atoms with Crippen LogP contribution < -0.4 is 15.4 Å². The third-order valence-electron chi connectivity index (χ3n) is 11.3. The zero-order chi connectivity index (χ0) is 37.5. The number of fused-ring (bicyclic) bond motifs is 3. The minimum Gasteiger partial charge on any atom is -0.471 e. The van der Waals surface area contributed by atoms with Gasteiger partial charge < -0.3 is 25.0 Å². The summed E-state index contributed by atoms with van der Waals surface area (Å²) in [5.74, 6) is -1.90. The quantitative estimate of drug-likeness (QED) is 0.344. The third-order valence-corrected chi connectivity index (χ3v) is 14.9. The topological polar surface area (TPSA) is 185 Å². The van der Waals surface area contributed by atoms with Crippen LogP contribution in [0.5, 0.6) is 0 Å². The van der Waals surface area contributed by atoms with E-state index in [0.717, 1.165) is 43.4 Å². The number of nitrogens with one attached hydrogen (secondary N) is 3. The first-order valence-corrected chi connectivity index (χ1v) is 22.5. The molecule has 7 atom stereocenters. The van der Waals surface area contributed by atoms with Gasteiger partial charge in [-0.25, -0.2) is 18.2 Å². The molecule has 3 N–H and O–H groups in total. The van der Waals surface area contributed by atoms with Crippen molar-refractivity contribution in [1.29, 1.82) is 0 Å². The first kappa shape index (κ1) is 37.2. The lowest BCUT2D eigenvalue weighted by molar-refractivity contribution is -0.141. The fraction of sp³-hybridized carbons (Fsp3) is 0.622. The molecule has 54 heavy (non-hydrogen) atoms. The highest BCUT2D eigenvalue weighted by atomic mass is 32.2. The molecule has 1 aromatic heterocycles. The molecule has 17 heteroatoms. The van der Waals surface area contributed by atoms with Crippen molar-refractivity contribution in [2.45, 2.75) is 130 Å². The van der Waals surface area contributed by atoms with Crippen molar-refractivity contribution in [3.05, 3.63) is 46.0 Å². The van der Waals surface area contributed by atoms with Crippen LogP contribution in [0.4, 0.5) is 4.79 Å². The van der Waals surface area contributed by atoms with Crippen molar-refractivity contribution in [3.63, 3.8) is 0 Å². The monoisotopic (exact) mass is 798 g/mol. The average Bonchev–Trinajstić information content (AvgIpc) is 3.71. The van der Waals surface area contributed by atoms with Crippen LogP contribution in [0.25, 0.3) is 0 Å². The number of thiophene rings is 1. The number of carbonyl (C=O) groups is 4. The number of hydrogen-bond acceptors (Lipinski definition) is 12. The maximum absolute atomic E-state index is 14.6. The molecule has 290 valence electrons. The average molecular weight is 799 g/mol. The lowest BCUT2D eigenvalue weighted by atomic mass is 10.0. The largest absolute Gasteiger partial charge is 0.471 e. The Hall–Kier alpha value is -3.70. The second-order valence-corrected chi connectivity index (χ2v) is 19.2. The number of allylic oxidation sites excluding steroid dienone is 1. The molecule has 0 spiro atoms. The summed E-state index contributed by atoms with van der Waals surface area (Å²) in [5.41, 5.74) is -0.881. The molecular weight excluding hydrogens is 753 g/mol. The van der Waals surface area contributed by atoms with Gasteiger partial charge in [-0.15, -0.1) is 23.1 Å². The Kier molecular flexibility index (Phi) is 10.6. The molecule has 0 radical (unpaired) electrons. The number of alkyl carbamates (subject to hydrolysis) is 1. The zero-order valence-corrected chi connectivity index (χ0v) is 32.3. The Morgan fingerprint density at radius 3 is 2.59 bits per heavy atom. The molecule has 8 rings (SSSR count). The molecule has 0 aromatic carbocycles. The van der Waals surface area contributed by atoms with Crippen molar-refractivity contribution in [2.24, 2.45) is 15.9 Å². The first-order valence-electron chi connectivity index (χ1n) is 19.1. The van der Waals surface area contributed by atoms with Gasteiger partial charge in [-0.2, -0.15) is 0 Å². The zero-order valence-electron chi connectivity index (χ0n) is 29.9. The van der Waals surface area contributed by atoms with Crippen molar-refractivity contribution in [3.8, 4) is 0 Å². The number of carbonyl (C=O) groups excluding carboxylic acids is 4. The van der Waals surface area contributed by atoms with Crippen molar-refractivity contribution >= 4 is 68.5 Å². The summed E-state index contributed by atoms with van der Waals surface area (Å²) in [5, 5.41) is 8.85. The summed E-state index contributed by atoms with van der Waals surface area (Å²) >= 11 is 3.05. The standard InChI is InChI=1S/C37H46N6O8S3/c44-31-28-19-24(50-32-30(29-13-8-17-52-29)38-26-16-18-53-33(26)40-32)21-43(28)34(45)27(39-36(47)51-23-10-6-7-11-23)12-5-3-1-2-4-9-22-20-37(22,41-31)35(46)42-54(48,49)25-14-15-25/h4,8-9,13,16-18,22-28,33H,1-3,5-7,10-12,14-15,19-21H2,(H,39,47)(H,41,44)(H,42,46)/b9-4+/t22?,24-,26?,27-,28+,33?,37-/m1/s1. The molecule has 0 bridgehead atoms. The lowest BCUT2D eigenvalue weighted by Crippen LogP contribution is -2.58. The van der Waals surface area contributed by atoms with Crippen LogP contribution in [0.15, 0.2) is 51.1 Å². The Labute approximate surface area is 323 Å². The Morgan fingerprint density at radius 2 is 1.81 bits per heavy atom. The van der Waals surface area contributed by atoms with Gasteiger partial charge in [0.15, 0.2) is 0 Å². The normalized spacial score (nSPS) is 33.5. The number of rotatable bonds is 7. The fourth-order valence-electron chi connectivity index (χ4n) is 7.98. The van der Waals surface area contributed by atoms with Crippen LogP contribution in [0.3, 0.4) is 0 Å². The molecule has 1 aromatic rings. The molecule has 7 aliphatic rings. The van der Waals surface area contributed by atoms with Crippen LogP contribution in [-0.4, -0.2) is 102 Å². The number of sulfonamides is 1. The Balaban J connectivity index is 1.07. The van der Waals surface area contributed by atoms with Gasteiger partial charge in [-0.3, -0.25) is 24.1 Å². The van der Waals surface area contributed by atoms with Gasteiger partial charge in [0.05, 0.1) is 16.7 Å². The van der Waals surface area contributed by atoms with Crippen molar-refractivity contribution < 1.29 is 37.1 Å². The van der Waals surface area contributed by atoms with Gasteiger partial charge in [0, 0.05) is 12.3 Å². The first-order chi connectivity index (χ1) is 26.1. The number of ether oxygens (including phenoxy) is 2. The van der Waals surface area contributed by atoms with E-state index in [1.54, 1.807) is 11.8 Å². The molecule has 5 heterocycles. The highest BCUT2D eigenvalue weighted by Crippen LogP contribution is 2.46. The predicted molar refractivity (Wildman–Crippen MR) is 205 cm³/mol. The highest BCUT2D eigenvalue weighted by molar-refractivity contribution is 8.03. The van der Waals surface area contributed by atoms with E-state index in [4.69, 9.17) is 19.5 Å². The van der Waals surface area contributed by atoms with E-state index in [2.05, 4.69) is 15.4 Å². The minimum atomic E-state index is -3.88. The smallest absolute Gasteiger partial charge is 0.408 e. The van der Waals surface area contributed by atoms with Crippen LogP contribution >= 0.6 is 23.1 Å². The van der Waals surface area contributed by atoms with Crippen molar-refractivity contribution in [2.75, 3.05) is 6.54 Å². The molecular formula is C37H46N6O8S3. The van der Waals surface area contributed by atoms with E-state index in [0.29, 0.717) is 43.7 Å². The van der Waals surface area contributed by atoms with E-state index in [1.807, 2.05) is 41.1 Å². The summed E-state index contributed by atoms with van der Waals surface area (Å²) in [6, 6.07) is 1.70. The van der Waals surface area contributed by atoms with Gasteiger partial charge in [0.1, 0.15) is 47.0 Å². The maximum Gasteiger partial charge on any atom is 0.408 e. The van der Waals surface area contributed by atoms with E-state index >= 15 is 0 Å². The summed E-state index contributed by atoms with van der Waals surface area (Å²) in [6.07, 6.45) is 12.4. The molecule has 3 saturated carbocycles. The van der Waals surface area contributed by atoms with Gasteiger partial charge in [-0.1, -0.05) is 37.1 Å². The van der Waals surface area contributed by atoms with Crippen LogP contribution in [0.2, 0.25) is 0 Å². The molecule has 3 unspecified atom stereocenters. The van der Waals surface area contributed by atoms with Crippen molar-refractivity contribution in [1.82, 2.24) is 20.3 Å². The predicted octanol–water partition coefficient (Wildman–Crippen LogP) is 3.93. The van der Waals surface area contributed by atoms with Gasteiger partial charge in [0.2, 0.25) is 27.7 Å². The summed E-state index contributed by atoms with van der Waals surface area (Å²) in [6.45, 7) is 0.0155. The number of amides is 4. The maximum atomic E-state index is 14.6. The second kappa shape index (κ2) is 15.4. The van der Waals surface area contributed by atoms with E-state index in [-0.39, 0.29) is 36.9 Å². The van der Waals surface area contributed by atoms with Gasteiger partial charge >= 0.3 is 6.09 Å². The summed E-state index contributed by atoms with van der Waals surface area (Å²) in [7, 11) is -3.88. The molecule has 14 nitrogen and oxygen atoms in total. The van der Waals surface area contributed by atoms with Gasteiger partial charge in [0.25, 0.3) is 5.91 Å². The Bertz CT molecular complexity index is 1870. The second-order valence-electron chi connectivity index (χ2n) is 15.2. The van der Waals surface area contributed by atoms with E-state index < -0.39 is 68.7 Å². The number of hydrogen-bond donors (Lipinski definition) is 3. The number of nitrogens with zero attached hydrogens (tertiary/aromatic N) is 3. The Morgan fingerprint density at radius 1 is 1.00 bits per heavy atom. The molecule has 4 aliphatic heterocycles. The molecule has 1 saturated heterocycles. The van der Waals surface area contributed by atoms with Crippen LogP contribution in [-0.2, 0) is 33.9 Å². The minimum absolute atomic E-state index is 0.0155. The number of aliphatic imine (C=N–C) groups is 2.